The van der Waals surface area contributed by atoms with Gasteiger partial charge < -0.3 is 0 Å². The topological polar surface area (TPSA) is 47.0 Å². The van der Waals surface area contributed by atoms with Crippen molar-refractivity contribution in [3.05, 3.63) is 81.6 Å². The van der Waals surface area contributed by atoms with Crippen molar-refractivity contribution in [2.45, 2.75) is 6.54 Å². The Labute approximate surface area is 126 Å². The van der Waals surface area contributed by atoms with Crippen LogP contribution in [-0.2, 0) is 6.54 Å². The summed E-state index contributed by atoms with van der Waals surface area (Å²) in [6.07, 6.45) is 3.95. The minimum atomic E-state index is -0.412. The lowest BCUT2D eigenvalue weighted by molar-refractivity contribution is -0.687. The molecule has 0 amide bonds. The van der Waals surface area contributed by atoms with Gasteiger partial charge in [-0.2, -0.15) is 0 Å². The van der Waals surface area contributed by atoms with E-state index in [-0.39, 0.29) is 5.69 Å². The minimum absolute atomic E-state index is 0.0517. The van der Waals surface area contributed by atoms with Crippen molar-refractivity contribution < 1.29 is 9.49 Å². The normalized spacial score (nSPS) is 10.7. The van der Waals surface area contributed by atoms with Crippen molar-refractivity contribution in [1.29, 1.82) is 0 Å². The number of benzene rings is 2. The van der Waals surface area contributed by atoms with Crippen molar-refractivity contribution in [2.75, 3.05) is 0 Å². The third-order valence-electron chi connectivity index (χ3n) is 3.34. The van der Waals surface area contributed by atoms with Crippen LogP contribution in [0.3, 0.4) is 0 Å². The monoisotopic (exact) mass is 299 g/mol. The predicted octanol–water partition coefficient (Wildman–Crippen LogP) is 3.74. The second-order valence-electron chi connectivity index (χ2n) is 4.78. The Morgan fingerprint density at radius 2 is 1.86 bits per heavy atom. The quantitative estimate of drug-likeness (QED) is 0.420. The largest absolute Gasteiger partial charge is 0.270 e. The molecule has 21 heavy (non-hydrogen) atoms. The molecule has 104 valence electrons. The first-order chi connectivity index (χ1) is 10.1. The smallest absolute Gasteiger partial charge is 0.258 e. The molecular formula is C16H12ClN2O2+. The van der Waals surface area contributed by atoms with Crippen LogP contribution in [0.4, 0.5) is 5.69 Å². The zero-order valence-electron chi connectivity index (χ0n) is 11.1. The van der Waals surface area contributed by atoms with Gasteiger partial charge in [0, 0.05) is 29.1 Å². The molecule has 0 saturated heterocycles. The molecule has 0 unspecified atom stereocenters. The molecule has 1 heterocycles. The fourth-order valence-corrected chi connectivity index (χ4v) is 2.45. The molecule has 1 aromatic heterocycles. The molecule has 2 aromatic carbocycles. The molecule has 4 nitrogen and oxygen atoms in total. The van der Waals surface area contributed by atoms with E-state index in [2.05, 4.69) is 0 Å². The number of non-ortho nitro benzene ring substituents is 1. The molecule has 0 spiro atoms. The second-order valence-corrected chi connectivity index (χ2v) is 5.19. The van der Waals surface area contributed by atoms with Crippen LogP contribution in [-0.4, -0.2) is 4.92 Å². The molecule has 0 saturated carbocycles. The fraction of sp³-hybridized carbons (Fsp3) is 0.0625. The summed E-state index contributed by atoms with van der Waals surface area (Å²) in [5, 5.41) is 13.6. The number of aromatic nitrogens is 1. The van der Waals surface area contributed by atoms with Crippen LogP contribution in [0.2, 0.25) is 5.02 Å². The molecule has 0 N–H and O–H groups in total. The van der Waals surface area contributed by atoms with Gasteiger partial charge in [-0.1, -0.05) is 29.8 Å². The Bertz CT molecular complexity index is 833. The van der Waals surface area contributed by atoms with E-state index >= 15 is 0 Å². The molecule has 0 bridgehead atoms. The van der Waals surface area contributed by atoms with Crippen LogP contribution in [0.25, 0.3) is 10.8 Å². The standard InChI is InChI=1S/C16H12ClN2O2/c17-16-6-5-15(19(20)21)9-14(16)11-18-8-7-12-3-1-2-4-13(12)10-18/h1-10H,11H2/q+1. The van der Waals surface area contributed by atoms with Gasteiger partial charge >= 0.3 is 0 Å². The van der Waals surface area contributed by atoms with E-state index in [1.165, 1.54) is 12.1 Å². The first-order valence-corrected chi connectivity index (χ1v) is 6.82. The Kier molecular flexibility index (Phi) is 3.54. The summed E-state index contributed by atoms with van der Waals surface area (Å²) in [5.74, 6) is 0. The Morgan fingerprint density at radius 3 is 2.62 bits per heavy atom. The van der Waals surface area contributed by atoms with Gasteiger partial charge in [0.1, 0.15) is 0 Å². The average molecular weight is 300 g/mol. The number of hydrogen-bond donors (Lipinski definition) is 0. The van der Waals surface area contributed by atoms with E-state index in [9.17, 15) is 10.1 Å². The first kappa shape index (κ1) is 13.5. The highest BCUT2D eigenvalue weighted by molar-refractivity contribution is 6.31. The number of nitro benzene ring substituents is 1. The summed E-state index contributed by atoms with van der Waals surface area (Å²) in [5.41, 5.74) is 0.780. The summed E-state index contributed by atoms with van der Waals surface area (Å²) in [6, 6.07) is 14.6. The van der Waals surface area contributed by atoms with Crippen LogP contribution >= 0.6 is 11.6 Å². The van der Waals surface area contributed by atoms with E-state index in [1.807, 2.05) is 47.3 Å². The molecule has 5 heteroatoms. The van der Waals surface area contributed by atoms with Crippen LogP contribution in [0.15, 0.2) is 60.9 Å². The summed E-state index contributed by atoms with van der Waals surface area (Å²) >= 11 is 6.13. The zero-order chi connectivity index (χ0) is 14.8. The molecule has 0 aliphatic carbocycles. The van der Waals surface area contributed by atoms with E-state index in [1.54, 1.807) is 6.07 Å². The molecule has 0 aliphatic rings. The first-order valence-electron chi connectivity index (χ1n) is 6.44. The zero-order valence-corrected chi connectivity index (χ0v) is 11.8. The third-order valence-corrected chi connectivity index (χ3v) is 3.71. The number of halogens is 1. The van der Waals surface area contributed by atoms with Gasteiger partial charge in [-0.3, -0.25) is 10.1 Å². The van der Waals surface area contributed by atoms with Gasteiger partial charge in [0.05, 0.1) is 9.95 Å². The van der Waals surface area contributed by atoms with Crippen LogP contribution in [0.1, 0.15) is 5.56 Å². The number of hydrogen-bond acceptors (Lipinski definition) is 2. The van der Waals surface area contributed by atoms with E-state index < -0.39 is 4.92 Å². The second kappa shape index (κ2) is 5.50. The van der Waals surface area contributed by atoms with Gasteiger partial charge in [-0.15, -0.1) is 0 Å². The van der Waals surface area contributed by atoms with E-state index in [4.69, 9.17) is 11.6 Å². The predicted molar refractivity (Wildman–Crippen MR) is 81.4 cm³/mol. The average Bonchev–Trinajstić information content (AvgIpc) is 2.49. The maximum absolute atomic E-state index is 10.8. The maximum atomic E-state index is 10.8. The van der Waals surface area contributed by atoms with Gasteiger partial charge in [0.2, 0.25) is 0 Å². The van der Waals surface area contributed by atoms with Gasteiger partial charge in [0.15, 0.2) is 18.9 Å². The van der Waals surface area contributed by atoms with E-state index in [0.29, 0.717) is 11.6 Å². The SMILES string of the molecule is O=[N+]([O-])c1ccc(Cl)c(C[n+]2ccc3ccccc3c2)c1. The van der Waals surface area contributed by atoms with Crippen LogP contribution in [0.5, 0.6) is 0 Å². The van der Waals surface area contributed by atoms with Crippen molar-refractivity contribution in [1.82, 2.24) is 0 Å². The number of rotatable bonds is 3. The number of nitrogens with zero attached hydrogens (tertiary/aromatic N) is 2. The summed E-state index contributed by atoms with van der Waals surface area (Å²) in [4.78, 5) is 10.4. The number of pyridine rings is 1. The summed E-state index contributed by atoms with van der Waals surface area (Å²) in [6.45, 7) is 0.491. The molecule has 0 fully saturated rings. The molecule has 3 aromatic rings. The Balaban J connectivity index is 1.98. The van der Waals surface area contributed by atoms with Crippen molar-refractivity contribution in [3.63, 3.8) is 0 Å². The van der Waals surface area contributed by atoms with Gasteiger partial charge in [-0.05, 0) is 17.5 Å². The maximum Gasteiger partial charge on any atom is 0.270 e. The van der Waals surface area contributed by atoms with Crippen molar-refractivity contribution >= 4 is 28.1 Å². The van der Waals surface area contributed by atoms with Crippen LogP contribution < -0.4 is 4.57 Å². The van der Waals surface area contributed by atoms with Crippen molar-refractivity contribution in [2.24, 2.45) is 0 Å². The fourth-order valence-electron chi connectivity index (χ4n) is 2.27. The third kappa shape index (κ3) is 2.85. The number of fused-ring (bicyclic) bond motifs is 1. The Hall–Kier alpha value is -2.46. The van der Waals surface area contributed by atoms with Gasteiger partial charge in [-0.25, -0.2) is 4.57 Å². The van der Waals surface area contributed by atoms with E-state index in [0.717, 1.165) is 16.3 Å². The highest BCUT2D eigenvalue weighted by Gasteiger charge is 2.13. The molecule has 0 aliphatic heterocycles. The molecule has 0 atom stereocenters. The highest BCUT2D eigenvalue weighted by Crippen LogP contribution is 2.22. The van der Waals surface area contributed by atoms with Crippen LogP contribution in [0, 0.1) is 10.1 Å². The number of nitro groups is 1. The lowest BCUT2D eigenvalue weighted by Gasteiger charge is -2.02. The Morgan fingerprint density at radius 1 is 1.10 bits per heavy atom. The van der Waals surface area contributed by atoms with Gasteiger partial charge in [0.25, 0.3) is 5.69 Å². The summed E-state index contributed by atoms with van der Waals surface area (Å²) < 4.78 is 1.97. The lowest BCUT2D eigenvalue weighted by atomic mass is 10.1. The molecule has 0 radical (unpaired) electrons. The van der Waals surface area contributed by atoms with Crippen molar-refractivity contribution in [3.8, 4) is 0 Å². The molecule has 3 rings (SSSR count). The lowest BCUT2D eigenvalue weighted by Crippen LogP contribution is -2.33. The molecular weight excluding hydrogens is 288 g/mol. The minimum Gasteiger partial charge on any atom is -0.258 e. The summed E-state index contributed by atoms with van der Waals surface area (Å²) in [7, 11) is 0. The highest BCUT2D eigenvalue weighted by atomic mass is 35.5.